The molecule has 1 aromatic heterocycles. The summed E-state index contributed by atoms with van der Waals surface area (Å²) in [6, 6.07) is 5.49. The van der Waals surface area contributed by atoms with Gasteiger partial charge in [-0.2, -0.15) is 8.78 Å². The number of ether oxygens (including phenoxy) is 1. The van der Waals surface area contributed by atoms with Crippen molar-refractivity contribution in [3.63, 3.8) is 0 Å². The molecule has 0 bridgehead atoms. The first-order valence-electron chi connectivity index (χ1n) is 9.00. The van der Waals surface area contributed by atoms with Crippen molar-refractivity contribution in [2.24, 2.45) is 5.92 Å². The molecule has 1 N–H and O–H groups in total. The van der Waals surface area contributed by atoms with Crippen molar-refractivity contribution in [3.8, 4) is 0 Å². The molecule has 1 aliphatic heterocycles. The van der Waals surface area contributed by atoms with Crippen LogP contribution in [0.15, 0.2) is 18.2 Å². The van der Waals surface area contributed by atoms with Gasteiger partial charge in [0, 0.05) is 39.4 Å². The number of alkyl halides is 2. The van der Waals surface area contributed by atoms with Crippen molar-refractivity contribution >= 4 is 16.7 Å². The molecule has 1 fully saturated rings. The van der Waals surface area contributed by atoms with Gasteiger partial charge in [-0.3, -0.25) is 0 Å². The minimum Gasteiger partial charge on any atom is -0.388 e. The summed E-state index contributed by atoms with van der Waals surface area (Å²) in [6.07, 6.45) is 3.32. The Morgan fingerprint density at radius 1 is 1.32 bits per heavy atom. The van der Waals surface area contributed by atoms with E-state index in [1.54, 1.807) is 17.7 Å². The first-order valence-corrected chi connectivity index (χ1v) is 9.00. The summed E-state index contributed by atoms with van der Waals surface area (Å²) in [7, 11) is 1.79. The molecular formula is C19H29F2N3O. The molecule has 1 aromatic carbocycles. The number of imidazole rings is 1. The zero-order chi connectivity index (χ0) is 18.4. The molecule has 2 heterocycles. The second-order valence-electron chi connectivity index (χ2n) is 6.72. The zero-order valence-electron chi connectivity index (χ0n) is 15.6. The van der Waals surface area contributed by atoms with Crippen molar-refractivity contribution in [2.75, 3.05) is 25.6 Å². The lowest BCUT2D eigenvalue weighted by atomic mass is 10.0. The normalized spacial score (nSPS) is 15.8. The van der Waals surface area contributed by atoms with Gasteiger partial charge in [-0.15, -0.1) is 0 Å². The van der Waals surface area contributed by atoms with Gasteiger partial charge in [0.2, 0.25) is 0 Å². The molecule has 0 unspecified atom stereocenters. The smallest absolute Gasteiger partial charge is 0.302 e. The number of fused-ring (bicyclic) bond motifs is 1. The van der Waals surface area contributed by atoms with Gasteiger partial charge in [0.1, 0.15) is 0 Å². The van der Waals surface area contributed by atoms with Crippen LogP contribution in [-0.4, -0.2) is 29.8 Å². The maximum Gasteiger partial charge on any atom is 0.302 e. The van der Waals surface area contributed by atoms with Gasteiger partial charge in [0.15, 0.2) is 5.82 Å². The molecule has 0 aliphatic carbocycles. The standard InChI is InChI=1S/C13H17F2N3.C6H12O/c1-4-7-18-11-6-5-9(16-3)8-10(11)17-12(18)13(2,14)15;1-6-2-4-7-5-3-6/h5-6,8,16H,4,7H2,1-3H3;6H,2-5H2,1H3. The molecule has 0 atom stereocenters. The Balaban J connectivity index is 0.000000269. The molecule has 0 spiro atoms. The van der Waals surface area contributed by atoms with Gasteiger partial charge in [0.05, 0.1) is 11.0 Å². The SMILES string of the molecule is CC1CCOCC1.CCCn1c(C(C)(F)F)nc2cc(NC)ccc21. The van der Waals surface area contributed by atoms with Gasteiger partial charge < -0.3 is 14.6 Å². The first-order chi connectivity index (χ1) is 11.9. The minimum absolute atomic E-state index is 0.160. The Morgan fingerprint density at radius 2 is 2.00 bits per heavy atom. The number of anilines is 1. The number of aryl methyl sites for hydroxylation is 1. The maximum atomic E-state index is 13.6. The Bertz CT molecular complexity index is 673. The van der Waals surface area contributed by atoms with E-state index in [0.29, 0.717) is 12.1 Å². The Kier molecular flexibility index (Phi) is 6.76. The summed E-state index contributed by atoms with van der Waals surface area (Å²) >= 11 is 0. The Morgan fingerprint density at radius 3 is 2.48 bits per heavy atom. The van der Waals surface area contributed by atoms with Crippen molar-refractivity contribution in [1.29, 1.82) is 0 Å². The van der Waals surface area contributed by atoms with Crippen LogP contribution in [0.2, 0.25) is 0 Å². The number of hydrogen-bond donors (Lipinski definition) is 1. The largest absolute Gasteiger partial charge is 0.388 e. The van der Waals surface area contributed by atoms with E-state index in [-0.39, 0.29) is 5.82 Å². The number of benzene rings is 1. The fourth-order valence-corrected chi connectivity index (χ4v) is 2.89. The van der Waals surface area contributed by atoms with Crippen LogP contribution in [0.3, 0.4) is 0 Å². The predicted molar refractivity (Wildman–Crippen MR) is 98.4 cm³/mol. The van der Waals surface area contributed by atoms with Gasteiger partial charge in [0.25, 0.3) is 0 Å². The third kappa shape index (κ3) is 5.14. The molecule has 2 aromatic rings. The summed E-state index contributed by atoms with van der Waals surface area (Å²) in [4.78, 5) is 4.08. The predicted octanol–water partition coefficient (Wildman–Crippen LogP) is 5.03. The number of halogens is 2. The van der Waals surface area contributed by atoms with Crippen molar-refractivity contribution < 1.29 is 13.5 Å². The molecule has 4 nitrogen and oxygen atoms in total. The first kappa shape index (κ1) is 19.6. The molecule has 140 valence electrons. The molecule has 3 rings (SSSR count). The van der Waals surface area contributed by atoms with Crippen LogP contribution >= 0.6 is 0 Å². The summed E-state index contributed by atoms with van der Waals surface area (Å²) in [5, 5.41) is 2.98. The van der Waals surface area contributed by atoms with Crippen molar-refractivity contribution in [3.05, 3.63) is 24.0 Å². The number of nitrogens with zero attached hydrogens (tertiary/aromatic N) is 2. The van der Waals surface area contributed by atoms with Gasteiger partial charge in [-0.1, -0.05) is 13.8 Å². The number of aromatic nitrogens is 2. The molecular weight excluding hydrogens is 324 g/mol. The van der Waals surface area contributed by atoms with Crippen LogP contribution in [0.25, 0.3) is 11.0 Å². The second kappa shape index (κ2) is 8.61. The summed E-state index contributed by atoms with van der Waals surface area (Å²) < 4.78 is 33.9. The highest BCUT2D eigenvalue weighted by molar-refractivity contribution is 5.80. The van der Waals surface area contributed by atoms with E-state index >= 15 is 0 Å². The maximum absolute atomic E-state index is 13.6. The number of hydrogen-bond acceptors (Lipinski definition) is 3. The molecule has 1 saturated heterocycles. The van der Waals surface area contributed by atoms with Crippen LogP contribution in [0.5, 0.6) is 0 Å². The van der Waals surface area contributed by atoms with Crippen molar-refractivity contribution in [2.45, 2.75) is 52.5 Å². The van der Waals surface area contributed by atoms with E-state index in [4.69, 9.17) is 4.74 Å². The van der Waals surface area contributed by atoms with Gasteiger partial charge in [-0.25, -0.2) is 4.98 Å². The summed E-state index contributed by atoms with van der Waals surface area (Å²) in [5.74, 6) is -2.17. The van der Waals surface area contributed by atoms with Gasteiger partial charge in [-0.05, 0) is 43.4 Å². The van der Waals surface area contributed by atoms with E-state index in [9.17, 15) is 8.78 Å². The topological polar surface area (TPSA) is 39.1 Å². The molecule has 0 amide bonds. The second-order valence-corrected chi connectivity index (χ2v) is 6.72. The zero-order valence-corrected chi connectivity index (χ0v) is 15.6. The molecule has 0 saturated carbocycles. The van der Waals surface area contributed by atoms with Crippen LogP contribution in [-0.2, 0) is 17.2 Å². The summed E-state index contributed by atoms with van der Waals surface area (Å²) in [6.45, 7) is 7.66. The van der Waals surface area contributed by atoms with Crippen LogP contribution in [0, 0.1) is 5.92 Å². The van der Waals surface area contributed by atoms with Crippen molar-refractivity contribution in [1.82, 2.24) is 9.55 Å². The monoisotopic (exact) mass is 353 g/mol. The third-order valence-corrected chi connectivity index (χ3v) is 4.39. The quantitative estimate of drug-likeness (QED) is 0.838. The van der Waals surface area contributed by atoms with E-state index in [1.807, 2.05) is 19.1 Å². The van der Waals surface area contributed by atoms with E-state index in [1.165, 1.54) is 12.8 Å². The molecule has 6 heteroatoms. The fourth-order valence-electron chi connectivity index (χ4n) is 2.89. The fraction of sp³-hybridized carbons (Fsp3) is 0.632. The van der Waals surface area contributed by atoms with E-state index in [2.05, 4.69) is 17.2 Å². The minimum atomic E-state index is -2.92. The number of rotatable bonds is 4. The van der Waals surface area contributed by atoms with Crippen LogP contribution in [0.1, 0.15) is 45.9 Å². The van der Waals surface area contributed by atoms with Crippen LogP contribution in [0.4, 0.5) is 14.5 Å². The average Bonchev–Trinajstić information content (AvgIpc) is 2.95. The van der Waals surface area contributed by atoms with Crippen LogP contribution < -0.4 is 5.32 Å². The molecule has 1 aliphatic rings. The molecule has 25 heavy (non-hydrogen) atoms. The molecule has 0 radical (unpaired) electrons. The lowest BCUT2D eigenvalue weighted by Gasteiger charge is -2.16. The Hall–Kier alpha value is -1.69. The lowest BCUT2D eigenvalue weighted by Crippen LogP contribution is -2.16. The highest BCUT2D eigenvalue weighted by Gasteiger charge is 2.31. The van der Waals surface area contributed by atoms with E-state index in [0.717, 1.165) is 43.7 Å². The average molecular weight is 353 g/mol. The summed E-state index contributed by atoms with van der Waals surface area (Å²) in [5.41, 5.74) is 2.23. The lowest BCUT2D eigenvalue weighted by molar-refractivity contribution is 0.00453. The van der Waals surface area contributed by atoms with E-state index < -0.39 is 5.92 Å². The number of nitrogens with one attached hydrogen (secondary N) is 1. The Labute approximate surface area is 148 Å². The highest BCUT2D eigenvalue weighted by atomic mass is 19.3. The highest BCUT2D eigenvalue weighted by Crippen LogP contribution is 2.30. The van der Waals surface area contributed by atoms with Gasteiger partial charge >= 0.3 is 5.92 Å². The third-order valence-electron chi connectivity index (χ3n) is 4.39.